The minimum absolute atomic E-state index is 0.147. The van der Waals surface area contributed by atoms with E-state index < -0.39 is 0 Å². The van der Waals surface area contributed by atoms with Crippen LogP contribution in [0, 0.1) is 0 Å². The van der Waals surface area contributed by atoms with E-state index in [2.05, 4.69) is 41.2 Å². The molecule has 1 unspecified atom stereocenters. The zero-order valence-electron chi connectivity index (χ0n) is 9.21. The van der Waals surface area contributed by atoms with Gasteiger partial charge in [0, 0.05) is 4.90 Å². The van der Waals surface area contributed by atoms with Gasteiger partial charge in [0.1, 0.15) is 5.78 Å². The Balaban J connectivity index is 3.07. The third-order valence-corrected chi connectivity index (χ3v) is 4.35. The Morgan fingerprint density at radius 3 is 2.67 bits per heavy atom. The van der Waals surface area contributed by atoms with E-state index in [9.17, 15) is 4.79 Å². The van der Waals surface area contributed by atoms with Crippen molar-refractivity contribution in [2.24, 2.45) is 0 Å². The number of carbonyl (C=O) groups excluding carboxylic acids is 1. The van der Waals surface area contributed by atoms with E-state index in [1.807, 2.05) is 6.07 Å². The number of halogens is 1. The van der Waals surface area contributed by atoms with Crippen molar-refractivity contribution in [1.82, 2.24) is 0 Å². The molecule has 0 saturated heterocycles. The van der Waals surface area contributed by atoms with Crippen molar-refractivity contribution in [2.75, 3.05) is 6.26 Å². The van der Waals surface area contributed by atoms with Crippen molar-refractivity contribution in [3.63, 3.8) is 0 Å². The number of rotatable bonds is 4. The molecule has 0 fully saturated rings. The summed E-state index contributed by atoms with van der Waals surface area (Å²) >= 11 is 5.15. The second-order valence-corrected chi connectivity index (χ2v) is 5.16. The lowest BCUT2D eigenvalue weighted by molar-refractivity contribution is -0.116. The van der Waals surface area contributed by atoms with E-state index in [0.29, 0.717) is 0 Å². The molecule has 0 heterocycles. The zero-order valence-corrected chi connectivity index (χ0v) is 11.6. The van der Waals surface area contributed by atoms with Gasteiger partial charge in [-0.2, -0.15) is 0 Å². The molecule has 0 spiro atoms. The van der Waals surface area contributed by atoms with E-state index >= 15 is 0 Å². The predicted octanol–water partition coefficient (Wildman–Crippen LogP) is 4.00. The predicted molar refractivity (Wildman–Crippen MR) is 70.0 cm³/mol. The van der Waals surface area contributed by atoms with Crippen LogP contribution in [0.1, 0.15) is 29.8 Å². The number of carbonyl (C=O) groups is 1. The molecule has 0 radical (unpaired) electrons. The topological polar surface area (TPSA) is 17.1 Å². The number of hydrogen-bond donors (Lipinski definition) is 0. The Morgan fingerprint density at radius 2 is 2.20 bits per heavy atom. The maximum Gasteiger partial charge on any atom is 0.147 e. The summed E-state index contributed by atoms with van der Waals surface area (Å²) < 4.78 is 0. The third-order valence-electron chi connectivity index (χ3n) is 2.33. The number of thioether (sulfide) groups is 1. The largest absolute Gasteiger partial charge is 0.298 e. The van der Waals surface area contributed by atoms with Crippen LogP contribution in [0.25, 0.3) is 0 Å². The quantitative estimate of drug-likeness (QED) is 0.615. The molecule has 0 amide bonds. The van der Waals surface area contributed by atoms with Crippen molar-refractivity contribution in [3.05, 3.63) is 29.3 Å². The van der Waals surface area contributed by atoms with E-state index in [0.717, 1.165) is 12.0 Å². The van der Waals surface area contributed by atoms with E-state index in [1.54, 1.807) is 18.7 Å². The van der Waals surface area contributed by atoms with Gasteiger partial charge in [-0.3, -0.25) is 4.79 Å². The van der Waals surface area contributed by atoms with E-state index in [-0.39, 0.29) is 10.6 Å². The van der Waals surface area contributed by atoms with Crippen LogP contribution in [-0.4, -0.2) is 12.0 Å². The van der Waals surface area contributed by atoms with Crippen LogP contribution in [-0.2, 0) is 11.2 Å². The SMILES string of the molecule is CCc1cc(C(Br)C(C)=O)ccc1SC. The van der Waals surface area contributed by atoms with Gasteiger partial charge in [0.25, 0.3) is 0 Å². The molecule has 1 aromatic carbocycles. The van der Waals surface area contributed by atoms with Gasteiger partial charge in [-0.1, -0.05) is 35.0 Å². The monoisotopic (exact) mass is 286 g/mol. The van der Waals surface area contributed by atoms with Gasteiger partial charge in [-0.05, 0) is 36.8 Å². The molecule has 3 heteroatoms. The Labute approximate surface area is 104 Å². The molecular formula is C12H15BrOS. The molecule has 0 aliphatic rings. The first kappa shape index (κ1) is 12.8. The molecule has 0 bridgehead atoms. The van der Waals surface area contributed by atoms with Gasteiger partial charge in [0.05, 0.1) is 4.83 Å². The standard InChI is InChI=1S/C12H15BrOS/c1-4-9-7-10(12(13)8(2)14)5-6-11(9)15-3/h5-7,12H,4H2,1-3H3. The molecule has 1 rings (SSSR count). The molecule has 1 aromatic rings. The molecule has 15 heavy (non-hydrogen) atoms. The maximum atomic E-state index is 11.2. The molecule has 82 valence electrons. The van der Waals surface area contributed by atoms with Crippen LogP contribution < -0.4 is 0 Å². The highest BCUT2D eigenvalue weighted by Crippen LogP contribution is 2.29. The molecule has 0 aliphatic heterocycles. The summed E-state index contributed by atoms with van der Waals surface area (Å²) in [5.74, 6) is 0.147. The first-order valence-electron chi connectivity index (χ1n) is 4.91. The average molecular weight is 287 g/mol. The van der Waals surface area contributed by atoms with Crippen molar-refractivity contribution in [3.8, 4) is 0 Å². The van der Waals surface area contributed by atoms with Gasteiger partial charge >= 0.3 is 0 Å². The smallest absolute Gasteiger partial charge is 0.147 e. The van der Waals surface area contributed by atoms with Crippen molar-refractivity contribution >= 4 is 33.5 Å². The summed E-state index contributed by atoms with van der Waals surface area (Å²) in [7, 11) is 0. The Hall–Kier alpha value is -0.280. The summed E-state index contributed by atoms with van der Waals surface area (Å²) in [6.07, 6.45) is 3.08. The van der Waals surface area contributed by atoms with Crippen molar-refractivity contribution in [1.29, 1.82) is 0 Å². The van der Waals surface area contributed by atoms with Gasteiger partial charge in [-0.15, -0.1) is 11.8 Å². The molecule has 0 aliphatic carbocycles. The number of aryl methyl sites for hydroxylation is 1. The zero-order chi connectivity index (χ0) is 11.4. The van der Waals surface area contributed by atoms with Crippen LogP contribution in [0.4, 0.5) is 0 Å². The van der Waals surface area contributed by atoms with Gasteiger partial charge < -0.3 is 0 Å². The fourth-order valence-electron chi connectivity index (χ4n) is 1.47. The second-order valence-electron chi connectivity index (χ2n) is 3.40. The highest BCUT2D eigenvalue weighted by molar-refractivity contribution is 9.09. The summed E-state index contributed by atoms with van der Waals surface area (Å²) in [6.45, 7) is 3.74. The first-order chi connectivity index (χ1) is 7.10. The van der Waals surface area contributed by atoms with Crippen LogP contribution in [0.5, 0.6) is 0 Å². The van der Waals surface area contributed by atoms with E-state index in [1.165, 1.54) is 10.5 Å². The fourth-order valence-corrected chi connectivity index (χ4v) is 2.42. The third kappa shape index (κ3) is 3.08. The van der Waals surface area contributed by atoms with Crippen molar-refractivity contribution < 1.29 is 4.79 Å². The van der Waals surface area contributed by atoms with Crippen LogP contribution in [0.3, 0.4) is 0 Å². The molecule has 1 atom stereocenters. The minimum Gasteiger partial charge on any atom is -0.298 e. The molecular weight excluding hydrogens is 272 g/mol. The number of alkyl halides is 1. The Morgan fingerprint density at radius 1 is 1.53 bits per heavy atom. The summed E-state index contributed by atoms with van der Waals surface area (Å²) in [5, 5.41) is 0. The number of benzene rings is 1. The Bertz CT molecular complexity index is 363. The number of Topliss-reactive ketones (excluding diaryl/α,β-unsaturated/α-hetero) is 1. The number of hydrogen-bond acceptors (Lipinski definition) is 2. The van der Waals surface area contributed by atoms with Gasteiger partial charge in [-0.25, -0.2) is 0 Å². The Kier molecular flexibility index (Phi) is 4.87. The lowest BCUT2D eigenvalue weighted by Crippen LogP contribution is -2.02. The summed E-state index contributed by atoms with van der Waals surface area (Å²) in [5.41, 5.74) is 2.36. The highest BCUT2D eigenvalue weighted by atomic mass is 79.9. The molecule has 0 N–H and O–H groups in total. The molecule has 1 nitrogen and oxygen atoms in total. The maximum absolute atomic E-state index is 11.2. The van der Waals surface area contributed by atoms with E-state index in [4.69, 9.17) is 0 Å². The summed E-state index contributed by atoms with van der Waals surface area (Å²) in [6, 6.07) is 6.23. The fraction of sp³-hybridized carbons (Fsp3) is 0.417. The van der Waals surface area contributed by atoms with Crippen LogP contribution >= 0.6 is 27.7 Å². The normalized spacial score (nSPS) is 12.5. The lowest BCUT2D eigenvalue weighted by atomic mass is 10.0. The second kappa shape index (κ2) is 5.71. The van der Waals surface area contributed by atoms with Crippen LogP contribution in [0.2, 0.25) is 0 Å². The highest BCUT2D eigenvalue weighted by Gasteiger charge is 2.13. The molecule has 0 saturated carbocycles. The lowest BCUT2D eigenvalue weighted by Gasteiger charge is -2.11. The minimum atomic E-state index is -0.168. The van der Waals surface area contributed by atoms with Crippen LogP contribution in [0.15, 0.2) is 23.1 Å². The summed E-state index contributed by atoms with van der Waals surface area (Å²) in [4.78, 5) is 12.4. The van der Waals surface area contributed by atoms with Crippen molar-refractivity contribution in [2.45, 2.75) is 30.0 Å². The number of ketones is 1. The van der Waals surface area contributed by atoms with Gasteiger partial charge in [0.15, 0.2) is 0 Å². The average Bonchev–Trinajstić information content (AvgIpc) is 2.26. The van der Waals surface area contributed by atoms with Gasteiger partial charge in [0.2, 0.25) is 0 Å². The first-order valence-corrected chi connectivity index (χ1v) is 7.05. The molecule has 0 aromatic heterocycles.